The van der Waals surface area contributed by atoms with Gasteiger partial charge in [-0.05, 0) is 38.1 Å². The van der Waals surface area contributed by atoms with E-state index in [-0.39, 0.29) is 6.04 Å². The minimum Gasteiger partial charge on any atom is -0.496 e. The number of sulfonamides is 1. The maximum atomic E-state index is 12.5. The third-order valence-electron chi connectivity index (χ3n) is 3.86. The van der Waals surface area contributed by atoms with Crippen molar-refractivity contribution in [1.82, 2.24) is 10.0 Å². The van der Waals surface area contributed by atoms with Crippen LogP contribution in [0.15, 0.2) is 23.1 Å². The molecular formula is C15H24N2O3S. The van der Waals surface area contributed by atoms with E-state index in [1.54, 1.807) is 25.3 Å². The average Bonchev–Trinajstić information content (AvgIpc) is 2.48. The molecule has 1 fully saturated rings. The quantitative estimate of drug-likeness (QED) is 0.843. The van der Waals surface area contributed by atoms with Crippen LogP contribution in [0.1, 0.15) is 37.7 Å². The van der Waals surface area contributed by atoms with Gasteiger partial charge in [0.05, 0.1) is 12.0 Å². The fourth-order valence-electron chi connectivity index (χ4n) is 2.76. The molecule has 5 nitrogen and oxygen atoms in total. The predicted octanol–water partition coefficient (Wildman–Crippen LogP) is 2.03. The van der Waals surface area contributed by atoms with Gasteiger partial charge in [-0.3, -0.25) is 0 Å². The van der Waals surface area contributed by atoms with Crippen molar-refractivity contribution in [2.24, 2.45) is 0 Å². The number of nitrogens with one attached hydrogen (secondary N) is 2. The predicted molar refractivity (Wildman–Crippen MR) is 83.0 cm³/mol. The Balaban J connectivity index is 2.20. The minimum absolute atomic E-state index is 0.0681. The van der Waals surface area contributed by atoms with Crippen molar-refractivity contribution in [2.75, 3.05) is 14.2 Å². The van der Waals surface area contributed by atoms with E-state index in [1.165, 1.54) is 6.42 Å². The fourth-order valence-corrected chi connectivity index (χ4v) is 4.11. The van der Waals surface area contributed by atoms with E-state index in [2.05, 4.69) is 10.0 Å². The van der Waals surface area contributed by atoms with Crippen molar-refractivity contribution in [3.63, 3.8) is 0 Å². The summed E-state index contributed by atoms with van der Waals surface area (Å²) in [6.07, 6.45) is 5.26. The molecule has 0 aromatic heterocycles. The molecule has 0 saturated heterocycles. The number of hydrogen-bond acceptors (Lipinski definition) is 4. The SMILES string of the molecule is CNCc1cc(S(=O)(=O)NC2CCCCC2)ccc1OC. The topological polar surface area (TPSA) is 67.4 Å². The van der Waals surface area contributed by atoms with E-state index < -0.39 is 10.0 Å². The van der Waals surface area contributed by atoms with Gasteiger partial charge in [0, 0.05) is 18.2 Å². The summed E-state index contributed by atoms with van der Waals surface area (Å²) >= 11 is 0. The Morgan fingerprint density at radius 2 is 1.95 bits per heavy atom. The first-order chi connectivity index (χ1) is 10.1. The summed E-state index contributed by atoms with van der Waals surface area (Å²) in [7, 11) is -0.0524. The third kappa shape index (κ3) is 4.18. The Kier molecular flexibility index (Phi) is 5.61. The molecule has 1 saturated carbocycles. The van der Waals surface area contributed by atoms with Crippen LogP contribution < -0.4 is 14.8 Å². The monoisotopic (exact) mass is 312 g/mol. The van der Waals surface area contributed by atoms with Gasteiger partial charge in [0.15, 0.2) is 0 Å². The molecule has 0 bridgehead atoms. The summed E-state index contributed by atoms with van der Waals surface area (Å²) in [5.74, 6) is 0.695. The van der Waals surface area contributed by atoms with Crippen LogP contribution in [0.25, 0.3) is 0 Å². The first-order valence-electron chi connectivity index (χ1n) is 7.40. The van der Waals surface area contributed by atoms with Gasteiger partial charge in [-0.15, -0.1) is 0 Å². The standard InChI is InChI=1S/C15H24N2O3S/c1-16-11-12-10-14(8-9-15(12)20-2)21(18,19)17-13-6-4-3-5-7-13/h8-10,13,16-17H,3-7,11H2,1-2H3. The second-order valence-electron chi connectivity index (χ2n) is 5.46. The molecule has 0 heterocycles. The molecule has 1 aromatic carbocycles. The van der Waals surface area contributed by atoms with Gasteiger partial charge in [0.1, 0.15) is 5.75 Å². The molecule has 0 unspecified atom stereocenters. The van der Waals surface area contributed by atoms with Crippen molar-refractivity contribution < 1.29 is 13.2 Å². The molecule has 1 aliphatic rings. The van der Waals surface area contributed by atoms with E-state index in [9.17, 15) is 8.42 Å². The highest BCUT2D eigenvalue weighted by Gasteiger charge is 2.22. The molecule has 0 atom stereocenters. The van der Waals surface area contributed by atoms with Crippen LogP contribution in [0.4, 0.5) is 0 Å². The zero-order valence-corrected chi connectivity index (χ0v) is 13.5. The molecule has 1 aromatic rings. The summed E-state index contributed by atoms with van der Waals surface area (Å²) in [4.78, 5) is 0.305. The summed E-state index contributed by atoms with van der Waals surface area (Å²) in [6, 6.07) is 5.06. The summed E-state index contributed by atoms with van der Waals surface area (Å²) in [5.41, 5.74) is 0.839. The molecular weight excluding hydrogens is 288 g/mol. The molecule has 21 heavy (non-hydrogen) atoms. The lowest BCUT2D eigenvalue weighted by molar-refractivity contribution is 0.407. The molecule has 0 aliphatic heterocycles. The lowest BCUT2D eigenvalue weighted by Gasteiger charge is -2.22. The Morgan fingerprint density at radius 3 is 2.57 bits per heavy atom. The van der Waals surface area contributed by atoms with Gasteiger partial charge in [0.25, 0.3) is 0 Å². The number of methoxy groups -OCH3 is 1. The maximum Gasteiger partial charge on any atom is 0.240 e. The van der Waals surface area contributed by atoms with Gasteiger partial charge in [-0.25, -0.2) is 13.1 Å². The third-order valence-corrected chi connectivity index (χ3v) is 5.37. The Bertz CT molecular complexity index is 566. The summed E-state index contributed by atoms with van der Waals surface area (Å²) in [5, 5.41) is 3.02. The van der Waals surface area contributed by atoms with E-state index >= 15 is 0 Å². The molecule has 0 spiro atoms. The molecule has 0 amide bonds. The highest BCUT2D eigenvalue weighted by atomic mass is 32.2. The fraction of sp³-hybridized carbons (Fsp3) is 0.600. The summed E-state index contributed by atoms with van der Waals surface area (Å²) < 4.78 is 33.1. The smallest absolute Gasteiger partial charge is 0.240 e. The molecule has 2 N–H and O–H groups in total. The molecule has 1 aliphatic carbocycles. The minimum atomic E-state index is -3.46. The molecule has 6 heteroatoms. The first-order valence-corrected chi connectivity index (χ1v) is 8.89. The van der Waals surface area contributed by atoms with E-state index in [1.807, 2.05) is 7.05 Å². The second-order valence-corrected chi connectivity index (χ2v) is 7.17. The largest absolute Gasteiger partial charge is 0.496 e. The van der Waals surface area contributed by atoms with Crippen LogP contribution in [0.5, 0.6) is 5.75 Å². The Hall–Kier alpha value is -1.11. The van der Waals surface area contributed by atoms with Crippen molar-refractivity contribution in [3.05, 3.63) is 23.8 Å². The van der Waals surface area contributed by atoms with Crippen molar-refractivity contribution >= 4 is 10.0 Å². The summed E-state index contributed by atoms with van der Waals surface area (Å²) in [6.45, 7) is 0.565. The van der Waals surface area contributed by atoms with Gasteiger partial charge in [-0.2, -0.15) is 0 Å². The number of ether oxygens (including phenoxy) is 1. The number of hydrogen-bond donors (Lipinski definition) is 2. The average molecular weight is 312 g/mol. The van der Waals surface area contributed by atoms with Crippen LogP contribution >= 0.6 is 0 Å². The lowest BCUT2D eigenvalue weighted by atomic mass is 9.96. The van der Waals surface area contributed by atoms with Gasteiger partial charge >= 0.3 is 0 Å². The van der Waals surface area contributed by atoms with Gasteiger partial charge in [0.2, 0.25) is 10.0 Å². The lowest BCUT2D eigenvalue weighted by Crippen LogP contribution is -2.36. The van der Waals surface area contributed by atoms with E-state index in [0.717, 1.165) is 31.2 Å². The highest BCUT2D eigenvalue weighted by molar-refractivity contribution is 7.89. The molecule has 0 radical (unpaired) electrons. The zero-order chi connectivity index (χ0) is 15.3. The molecule has 2 rings (SSSR count). The Morgan fingerprint density at radius 1 is 1.24 bits per heavy atom. The Labute approximate surface area is 127 Å². The highest BCUT2D eigenvalue weighted by Crippen LogP contribution is 2.24. The van der Waals surface area contributed by atoms with Gasteiger partial charge < -0.3 is 10.1 Å². The van der Waals surface area contributed by atoms with Crippen molar-refractivity contribution in [3.8, 4) is 5.75 Å². The van der Waals surface area contributed by atoms with Crippen molar-refractivity contribution in [1.29, 1.82) is 0 Å². The van der Waals surface area contributed by atoms with Crippen molar-refractivity contribution in [2.45, 2.75) is 49.6 Å². The zero-order valence-electron chi connectivity index (χ0n) is 12.7. The van der Waals surface area contributed by atoms with E-state index in [4.69, 9.17) is 4.74 Å². The molecule has 118 valence electrons. The normalized spacial score (nSPS) is 16.9. The number of benzene rings is 1. The van der Waals surface area contributed by atoms with Crippen LogP contribution in [0.2, 0.25) is 0 Å². The number of rotatable bonds is 6. The van der Waals surface area contributed by atoms with E-state index in [0.29, 0.717) is 17.2 Å². The van der Waals surface area contributed by atoms with Gasteiger partial charge in [-0.1, -0.05) is 19.3 Å². The second kappa shape index (κ2) is 7.24. The first kappa shape index (κ1) is 16.3. The maximum absolute atomic E-state index is 12.5. The van der Waals surface area contributed by atoms with Crippen LogP contribution in [0.3, 0.4) is 0 Å². The van der Waals surface area contributed by atoms with Crippen LogP contribution in [-0.4, -0.2) is 28.6 Å². The van der Waals surface area contributed by atoms with Crippen LogP contribution in [0, 0.1) is 0 Å². The van der Waals surface area contributed by atoms with Crippen LogP contribution in [-0.2, 0) is 16.6 Å².